The zero-order valence-electron chi connectivity index (χ0n) is 7.05. The molecular weight excluding hydrogens is 148 g/mol. The topological polar surface area (TPSA) is 9.23 Å². The van der Waals surface area contributed by atoms with Gasteiger partial charge in [-0.2, -0.15) is 0 Å². The molecule has 1 heterocycles. The van der Waals surface area contributed by atoms with Gasteiger partial charge in [0.25, 0.3) is 0 Å². The molecular formula is C11H10O. The third-order valence-corrected chi connectivity index (χ3v) is 2.04. The fourth-order valence-electron chi connectivity index (χ4n) is 1.44. The predicted octanol–water partition coefficient (Wildman–Crippen LogP) is 2.65. The second-order valence-electron chi connectivity index (χ2n) is 2.96. The Morgan fingerprint density at radius 3 is 3.08 bits per heavy atom. The van der Waals surface area contributed by atoms with Crippen LogP contribution in [0.1, 0.15) is 16.7 Å². The minimum absolute atomic E-state index is 0.662. The van der Waals surface area contributed by atoms with Gasteiger partial charge in [-0.3, -0.25) is 0 Å². The molecule has 0 radical (unpaired) electrons. The largest absolute Gasteiger partial charge is 0.481 e. The summed E-state index contributed by atoms with van der Waals surface area (Å²) in [5.74, 6) is 0.782. The van der Waals surface area contributed by atoms with Crippen molar-refractivity contribution in [3.8, 4) is 0 Å². The first-order valence-corrected chi connectivity index (χ1v) is 3.94. The Hall–Kier alpha value is -1.46. The van der Waals surface area contributed by atoms with Crippen molar-refractivity contribution in [2.24, 2.45) is 0 Å². The van der Waals surface area contributed by atoms with Crippen LogP contribution in [0.2, 0.25) is 0 Å². The number of hydrogen-bond acceptors (Lipinski definition) is 1. The van der Waals surface area contributed by atoms with Crippen molar-refractivity contribution >= 4 is 5.76 Å². The van der Waals surface area contributed by atoms with Gasteiger partial charge in [0, 0.05) is 11.1 Å². The number of ether oxygens (including phenoxy) is 1. The lowest BCUT2D eigenvalue weighted by atomic mass is 10.1. The van der Waals surface area contributed by atoms with Gasteiger partial charge in [0.15, 0.2) is 5.76 Å². The molecule has 2 rings (SSSR count). The molecule has 0 spiro atoms. The van der Waals surface area contributed by atoms with E-state index in [0.717, 1.165) is 11.3 Å². The number of fused-ring (bicyclic) bond motifs is 1. The Labute approximate surface area is 72.0 Å². The van der Waals surface area contributed by atoms with Gasteiger partial charge in [-0.15, -0.1) is 0 Å². The third kappa shape index (κ3) is 0.956. The van der Waals surface area contributed by atoms with Gasteiger partial charge in [-0.05, 0) is 13.0 Å². The second-order valence-corrected chi connectivity index (χ2v) is 2.96. The Morgan fingerprint density at radius 1 is 1.50 bits per heavy atom. The lowest BCUT2D eigenvalue weighted by molar-refractivity contribution is 0.286. The summed E-state index contributed by atoms with van der Waals surface area (Å²) in [6.45, 7) is 6.32. The van der Waals surface area contributed by atoms with Gasteiger partial charge in [0.05, 0.1) is 0 Å². The van der Waals surface area contributed by atoms with Crippen LogP contribution in [0, 0.1) is 6.92 Å². The summed E-state index contributed by atoms with van der Waals surface area (Å²) in [6, 6.07) is 6.27. The average Bonchev–Trinajstić information content (AvgIpc) is 2.46. The Morgan fingerprint density at radius 2 is 2.33 bits per heavy atom. The summed E-state index contributed by atoms with van der Waals surface area (Å²) in [7, 11) is 0. The van der Waals surface area contributed by atoms with E-state index in [9.17, 15) is 0 Å². The zero-order chi connectivity index (χ0) is 8.55. The Kier molecular flexibility index (Phi) is 1.53. The van der Waals surface area contributed by atoms with E-state index in [1.807, 2.05) is 0 Å². The van der Waals surface area contributed by atoms with Crippen LogP contribution >= 0.6 is 0 Å². The first-order valence-electron chi connectivity index (χ1n) is 3.94. The van der Waals surface area contributed by atoms with Crippen LogP contribution in [-0.2, 0) is 11.3 Å². The van der Waals surface area contributed by atoms with Crippen LogP contribution in [0.5, 0.6) is 0 Å². The van der Waals surface area contributed by atoms with Crippen molar-refractivity contribution < 1.29 is 4.74 Å². The van der Waals surface area contributed by atoms with Crippen LogP contribution in [-0.4, -0.2) is 0 Å². The Bertz CT molecular complexity index is 371. The van der Waals surface area contributed by atoms with Crippen LogP contribution in [0.15, 0.2) is 30.5 Å². The standard InChI is InChI=1S/C11H10O/c1-3-11-10-5-4-8(2)6-9(10)7-12-11/h4-6H,1,7H2,2H3. The molecule has 0 bridgehead atoms. The fraction of sp³-hybridized carbons (Fsp3) is 0.182. The first kappa shape index (κ1) is 7.20. The summed E-state index contributed by atoms with van der Waals surface area (Å²) in [4.78, 5) is 0. The lowest BCUT2D eigenvalue weighted by Crippen LogP contribution is -1.81. The molecule has 0 aromatic heterocycles. The highest BCUT2D eigenvalue weighted by Gasteiger charge is 2.16. The number of aryl methyl sites for hydroxylation is 1. The minimum Gasteiger partial charge on any atom is -0.481 e. The number of rotatable bonds is 0. The quantitative estimate of drug-likeness (QED) is 0.527. The summed E-state index contributed by atoms with van der Waals surface area (Å²) in [6.07, 6.45) is 0. The monoisotopic (exact) mass is 158 g/mol. The van der Waals surface area contributed by atoms with Crippen molar-refractivity contribution in [1.82, 2.24) is 0 Å². The molecule has 1 heteroatoms. The minimum atomic E-state index is 0.662. The van der Waals surface area contributed by atoms with Crippen molar-refractivity contribution in [2.75, 3.05) is 0 Å². The van der Waals surface area contributed by atoms with E-state index >= 15 is 0 Å². The molecule has 1 nitrogen and oxygen atoms in total. The van der Waals surface area contributed by atoms with Gasteiger partial charge >= 0.3 is 0 Å². The van der Waals surface area contributed by atoms with Crippen molar-refractivity contribution in [2.45, 2.75) is 13.5 Å². The zero-order valence-corrected chi connectivity index (χ0v) is 7.05. The van der Waals surface area contributed by atoms with E-state index in [1.54, 1.807) is 0 Å². The van der Waals surface area contributed by atoms with Crippen molar-refractivity contribution in [3.63, 3.8) is 0 Å². The molecule has 0 atom stereocenters. The van der Waals surface area contributed by atoms with Crippen LogP contribution in [0.4, 0.5) is 0 Å². The van der Waals surface area contributed by atoms with E-state index in [1.165, 1.54) is 11.1 Å². The third-order valence-electron chi connectivity index (χ3n) is 2.04. The van der Waals surface area contributed by atoms with E-state index in [2.05, 4.69) is 37.4 Å². The molecule has 0 saturated carbocycles. The highest BCUT2D eigenvalue weighted by atomic mass is 16.5. The maximum Gasteiger partial charge on any atom is 0.169 e. The van der Waals surface area contributed by atoms with Gasteiger partial charge < -0.3 is 4.74 Å². The number of benzene rings is 1. The smallest absolute Gasteiger partial charge is 0.169 e. The summed E-state index contributed by atoms with van der Waals surface area (Å²) >= 11 is 0. The van der Waals surface area contributed by atoms with Gasteiger partial charge in [-0.25, -0.2) is 0 Å². The second kappa shape index (κ2) is 2.54. The van der Waals surface area contributed by atoms with Gasteiger partial charge in [0.1, 0.15) is 6.61 Å². The van der Waals surface area contributed by atoms with Crippen molar-refractivity contribution in [3.05, 3.63) is 47.2 Å². The maximum atomic E-state index is 5.37. The van der Waals surface area contributed by atoms with Gasteiger partial charge in [-0.1, -0.05) is 30.0 Å². The van der Waals surface area contributed by atoms with Crippen LogP contribution < -0.4 is 0 Å². The molecule has 0 saturated heterocycles. The van der Waals surface area contributed by atoms with Crippen molar-refractivity contribution in [1.29, 1.82) is 0 Å². The molecule has 0 N–H and O–H groups in total. The maximum absolute atomic E-state index is 5.37. The normalized spacial score (nSPS) is 13.6. The van der Waals surface area contributed by atoms with E-state index in [0.29, 0.717) is 6.61 Å². The molecule has 1 aliphatic heterocycles. The van der Waals surface area contributed by atoms with Crippen LogP contribution in [0.25, 0.3) is 5.76 Å². The Balaban J connectivity index is 2.62. The molecule has 0 aliphatic carbocycles. The summed E-state index contributed by atoms with van der Waals surface area (Å²) in [5.41, 5.74) is 6.42. The molecule has 0 unspecified atom stereocenters. The van der Waals surface area contributed by atoms with Gasteiger partial charge in [0.2, 0.25) is 0 Å². The summed E-state index contributed by atoms with van der Waals surface area (Å²) < 4.78 is 5.37. The molecule has 1 aromatic carbocycles. The lowest BCUT2D eigenvalue weighted by Gasteiger charge is -1.95. The molecule has 60 valence electrons. The van der Waals surface area contributed by atoms with E-state index < -0.39 is 0 Å². The van der Waals surface area contributed by atoms with Crippen LogP contribution in [0.3, 0.4) is 0 Å². The first-order chi connectivity index (χ1) is 5.81. The molecule has 0 amide bonds. The summed E-state index contributed by atoms with van der Waals surface area (Å²) in [5, 5.41) is 0. The average molecular weight is 158 g/mol. The highest BCUT2D eigenvalue weighted by molar-refractivity contribution is 5.65. The predicted molar refractivity (Wildman–Crippen MR) is 48.5 cm³/mol. The number of hydrogen-bond donors (Lipinski definition) is 0. The fourth-order valence-corrected chi connectivity index (χ4v) is 1.44. The highest BCUT2D eigenvalue weighted by Crippen LogP contribution is 2.28. The van der Waals surface area contributed by atoms with E-state index in [-0.39, 0.29) is 0 Å². The SMILES string of the molecule is C=C=C1OCc2cc(C)ccc21. The molecule has 12 heavy (non-hydrogen) atoms. The molecule has 1 aromatic rings. The van der Waals surface area contributed by atoms with E-state index in [4.69, 9.17) is 4.74 Å². The molecule has 0 fully saturated rings. The molecule has 1 aliphatic rings.